The van der Waals surface area contributed by atoms with Crippen molar-refractivity contribution in [2.45, 2.75) is 68.3 Å². The van der Waals surface area contributed by atoms with Crippen molar-refractivity contribution in [2.24, 2.45) is 0 Å². The second kappa shape index (κ2) is 14.3. The molecule has 0 amide bonds. The number of rotatable bonds is 10. The molecule has 0 aliphatic carbocycles. The average Bonchev–Trinajstić information content (AvgIpc) is 3.08. The maximum Gasteiger partial charge on any atom is 0.229 e. The monoisotopic (exact) mass is 682 g/mol. The van der Waals surface area contributed by atoms with Crippen LogP contribution in [0.2, 0.25) is 0 Å². The lowest BCUT2D eigenvalue weighted by atomic mass is 9.98. The van der Waals surface area contributed by atoms with Crippen LogP contribution in [0, 0.1) is 0 Å². The minimum Gasteiger partial charge on any atom is -0.502 e. The lowest BCUT2D eigenvalue weighted by Gasteiger charge is -2.42. The molecular formula is C31H38O17. The van der Waals surface area contributed by atoms with E-state index in [4.69, 9.17) is 42.3 Å². The van der Waals surface area contributed by atoms with E-state index in [9.17, 15) is 40.5 Å². The largest absolute Gasteiger partial charge is 0.502 e. The highest BCUT2D eigenvalue weighted by Crippen LogP contribution is 2.45. The highest BCUT2D eigenvalue weighted by Gasteiger charge is 2.48. The van der Waals surface area contributed by atoms with E-state index in [1.165, 1.54) is 53.6 Å². The summed E-state index contributed by atoms with van der Waals surface area (Å²) >= 11 is 0. The van der Waals surface area contributed by atoms with Crippen LogP contribution in [0.15, 0.2) is 33.5 Å². The van der Waals surface area contributed by atoms with Gasteiger partial charge >= 0.3 is 0 Å². The van der Waals surface area contributed by atoms with Crippen LogP contribution in [0.1, 0.15) is 6.92 Å². The standard InChI is InChI=1S/C31H38O17/c1-11-21(33)24(36)26(38)30(45-11)44-10-19-23(35)25(37)27(39)31(47-19)48-29-20-13(32)8-14(46-15(20)9-18(42-4)28(29)43-5)12-6-16(40-2)22(34)17(7-12)41-3/h6-9,11,19,21,23-27,30-31,33-39H,10H2,1-5H3/t11-,19+,21-,23-,24-,25-,26-,27+,30+,31-/m0/s1. The summed E-state index contributed by atoms with van der Waals surface area (Å²) in [5.41, 5.74) is -0.385. The number of aliphatic hydroxyl groups excluding tert-OH is 6. The van der Waals surface area contributed by atoms with Gasteiger partial charge in [-0.1, -0.05) is 0 Å². The predicted octanol–water partition coefficient (Wildman–Crippen LogP) is -0.769. The Morgan fingerprint density at radius 1 is 0.688 bits per heavy atom. The smallest absolute Gasteiger partial charge is 0.229 e. The van der Waals surface area contributed by atoms with Crippen LogP contribution in [0.5, 0.6) is 34.5 Å². The van der Waals surface area contributed by atoms with Crippen LogP contribution >= 0.6 is 0 Å². The number of aromatic hydroxyl groups is 1. The Bertz CT molecular complexity index is 1630. The maximum absolute atomic E-state index is 13.7. The molecule has 0 unspecified atom stereocenters. The summed E-state index contributed by atoms with van der Waals surface area (Å²) in [4.78, 5) is 13.7. The number of hydrogen-bond acceptors (Lipinski definition) is 17. The number of phenols is 1. The summed E-state index contributed by atoms with van der Waals surface area (Å²) in [6.07, 6.45) is -15.5. The summed E-state index contributed by atoms with van der Waals surface area (Å²) in [5, 5.41) is 72.7. The van der Waals surface area contributed by atoms with E-state index >= 15 is 0 Å². The van der Waals surface area contributed by atoms with Gasteiger partial charge in [-0.2, -0.15) is 0 Å². The zero-order valence-electron chi connectivity index (χ0n) is 26.5. The average molecular weight is 683 g/mol. The van der Waals surface area contributed by atoms with E-state index in [-0.39, 0.29) is 51.2 Å². The van der Waals surface area contributed by atoms with Crippen LogP contribution in [0.3, 0.4) is 0 Å². The van der Waals surface area contributed by atoms with Crippen molar-refractivity contribution in [1.29, 1.82) is 0 Å². The number of benzene rings is 2. The van der Waals surface area contributed by atoms with Crippen molar-refractivity contribution >= 4 is 11.0 Å². The summed E-state index contributed by atoms with van der Waals surface area (Å²) < 4.78 is 50.1. The topological polar surface area (TPSA) is 246 Å². The lowest BCUT2D eigenvalue weighted by molar-refractivity contribution is -0.318. The van der Waals surface area contributed by atoms with Gasteiger partial charge in [0.1, 0.15) is 59.5 Å². The van der Waals surface area contributed by atoms with Gasteiger partial charge in [0.05, 0.1) is 41.2 Å². The molecule has 48 heavy (non-hydrogen) atoms. The first-order valence-electron chi connectivity index (χ1n) is 14.7. The van der Waals surface area contributed by atoms with Gasteiger partial charge in [-0.15, -0.1) is 0 Å². The Labute approximate surface area is 272 Å². The van der Waals surface area contributed by atoms with Crippen molar-refractivity contribution in [2.75, 3.05) is 35.0 Å². The van der Waals surface area contributed by atoms with E-state index in [2.05, 4.69) is 0 Å². The first-order valence-corrected chi connectivity index (χ1v) is 14.7. The molecule has 2 fully saturated rings. The number of ether oxygens (including phenoxy) is 8. The normalized spacial score (nSPS) is 30.6. The van der Waals surface area contributed by atoms with Crippen molar-refractivity contribution in [1.82, 2.24) is 0 Å². The van der Waals surface area contributed by atoms with Gasteiger partial charge < -0.3 is 78.1 Å². The molecule has 17 heteroatoms. The van der Waals surface area contributed by atoms with Crippen LogP contribution in [-0.4, -0.2) is 132 Å². The molecule has 10 atom stereocenters. The van der Waals surface area contributed by atoms with Crippen molar-refractivity contribution in [3.63, 3.8) is 0 Å². The first-order chi connectivity index (χ1) is 22.8. The molecule has 2 aliphatic rings. The molecule has 3 heterocycles. The highest BCUT2D eigenvalue weighted by atomic mass is 16.7. The Balaban J connectivity index is 1.49. The van der Waals surface area contributed by atoms with Crippen molar-refractivity contribution in [3.05, 3.63) is 34.5 Å². The third-order valence-electron chi connectivity index (χ3n) is 8.22. The van der Waals surface area contributed by atoms with E-state index in [1.54, 1.807) is 0 Å². The van der Waals surface area contributed by atoms with E-state index < -0.39 is 73.4 Å². The SMILES string of the molecule is COc1cc(-c2cc(=O)c3c(O[C@@H]4O[C@H](CO[C@@H]5O[C@@H](C)[C@H](O)[C@H](O)[C@@H]5O)[C@H](O)[C@H](O)[C@H]4O)c(OC)c(OC)cc3o2)cc(OC)c1O. The molecule has 0 spiro atoms. The Hall–Kier alpha value is -3.91. The van der Waals surface area contributed by atoms with Gasteiger partial charge in [-0.3, -0.25) is 4.79 Å². The molecule has 0 radical (unpaired) electrons. The van der Waals surface area contributed by atoms with Crippen LogP contribution < -0.4 is 29.1 Å². The summed E-state index contributed by atoms with van der Waals surface area (Å²) in [6.45, 7) is 0.916. The Morgan fingerprint density at radius 2 is 1.29 bits per heavy atom. The lowest BCUT2D eigenvalue weighted by Crippen LogP contribution is -2.61. The van der Waals surface area contributed by atoms with Gasteiger partial charge in [0.2, 0.25) is 17.8 Å². The molecule has 1 aromatic heterocycles. The van der Waals surface area contributed by atoms with E-state index in [0.717, 1.165) is 6.07 Å². The Morgan fingerprint density at radius 3 is 1.90 bits per heavy atom. The number of aliphatic hydroxyl groups is 6. The fourth-order valence-corrected chi connectivity index (χ4v) is 5.49. The molecule has 7 N–H and O–H groups in total. The second-order valence-electron chi connectivity index (χ2n) is 11.2. The number of fused-ring (bicyclic) bond motifs is 1. The van der Waals surface area contributed by atoms with Gasteiger partial charge in [-0.05, 0) is 19.1 Å². The van der Waals surface area contributed by atoms with Gasteiger partial charge in [0.25, 0.3) is 0 Å². The summed E-state index contributed by atoms with van der Waals surface area (Å²) in [5.74, 6) is -0.446. The van der Waals surface area contributed by atoms with Crippen LogP contribution in [0.4, 0.5) is 0 Å². The third kappa shape index (κ3) is 6.43. The number of hydrogen-bond donors (Lipinski definition) is 7. The molecule has 3 aromatic rings. The van der Waals surface area contributed by atoms with E-state index in [0.29, 0.717) is 5.56 Å². The van der Waals surface area contributed by atoms with Crippen LogP contribution in [0.25, 0.3) is 22.3 Å². The molecular weight excluding hydrogens is 644 g/mol. The molecule has 0 bridgehead atoms. The molecule has 2 aliphatic heterocycles. The van der Waals surface area contributed by atoms with Gasteiger partial charge in [0, 0.05) is 17.7 Å². The maximum atomic E-state index is 13.7. The van der Waals surface area contributed by atoms with E-state index in [1.807, 2.05) is 0 Å². The highest BCUT2D eigenvalue weighted by molar-refractivity contribution is 5.90. The molecule has 0 saturated carbocycles. The van der Waals surface area contributed by atoms with Gasteiger partial charge in [-0.25, -0.2) is 0 Å². The third-order valence-corrected chi connectivity index (χ3v) is 8.22. The minimum absolute atomic E-state index is 0.0465. The van der Waals surface area contributed by atoms with Crippen molar-refractivity contribution < 1.29 is 78.1 Å². The van der Waals surface area contributed by atoms with Crippen molar-refractivity contribution in [3.8, 4) is 45.8 Å². The zero-order valence-corrected chi connectivity index (χ0v) is 26.5. The summed E-state index contributed by atoms with van der Waals surface area (Å²) in [6, 6.07) is 5.38. The quantitative estimate of drug-likeness (QED) is 0.139. The zero-order chi connectivity index (χ0) is 35.0. The molecule has 2 aromatic carbocycles. The predicted molar refractivity (Wildman–Crippen MR) is 161 cm³/mol. The fourth-order valence-electron chi connectivity index (χ4n) is 5.49. The Kier molecular flexibility index (Phi) is 10.5. The molecule has 5 rings (SSSR count). The number of phenolic OH excluding ortho intramolecular Hbond substituents is 1. The first kappa shape index (κ1) is 35.4. The number of methoxy groups -OCH3 is 4. The van der Waals surface area contributed by atoms with Crippen LogP contribution in [-0.2, 0) is 14.2 Å². The summed E-state index contributed by atoms with van der Waals surface area (Å²) in [7, 11) is 5.28. The molecule has 2 saturated heterocycles. The molecule has 264 valence electrons. The fraction of sp³-hybridized carbons (Fsp3) is 0.516. The second-order valence-corrected chi connectivity index (χ2v) is 11.2. The van der Waals surface area contributed by atoms with Gasteiger partial charge in [0.15, 0.2) is 34.7 Å². The molecule has 17 nitrogen and oxygen atoms in total. The minimum atomic E-state index is -1.86.